The van der Waals surface area contributed by atoms with Gasteiger partial charge in [-0.05, 0) is 62.4 Å². The Morgan fingerprint density at radius 1 is 1.03 bits per heavy atom. The zero-order valence-corrected chi connectivity index (χ0v) is 18.1. The van der Waals surface area contributed by atoms with Gasteiger partial charge in [0.2, 0.25) is 5.91 Å². The van der Waals surface area contributed by atoms with Gasteiger partial charge in [-0.3, -0.25) is 9.59 Å². The molecule has 0 bridgehead atoms. The van der Waals surface area contributed by atoms with Gasteiger partial charge in [0.05, 0.1) is 0 Å². The van der Waals surface area contributed by atoms with Crippen molar-refractivity contribution in [1.29, 1.82) is 0 Å². The van der Waals surface area contributed by atoms with Crippen molar-refractivity contribution in [3.63, 3.8) is 0 Å². The van der Waals surface area contributed by atoms with E-state index in [1.165, 1.54) is 0 Å². The Bertz CT molecular complexity index is 848. The van der Waals surface area contributed by atoms with Gasteiger partial charge in [-0.2, -0.15) is 0 Å². The lowest BCUT2D eigenvalue weighted by Gasteiger charge is -2.29. The zero-order valence-electron chi connectivity index (χ0n) is 18.1. The summed E-state index contributed by atoms with van der Waals surface area (Å²) in [6.45, 7) is 10.6. The number of amides is 2. The third-order valence-corrected chi connectivity index (χ3v) is 5.22. The molecule has 2 rings (SSSR count). The van der Waals surface area contributed by atoms with Crippen LogP contribution in [0.2, 0.25) is 0 Å². The van der Waals surface area contributed by atoms with E-state index in [0.29, 0.717) is 18.8 Å². The average Bonchev–Trinajstić information content (AvgIpc) is 2.71. The summed E-state index contributed by atoms with van der Waals surface area (Å²) in [7, 11) is 0. The lowest BCUT2D eigenvalue weighted by Crippen LogP contribution is -2.49. The Kier molecular flexibility index (Phi) is 8.25. The van der Waals surface area contributed by atoms with Gasteiger partial charge in [0.25, 0.3) is 5.91 Å². The van der Waals surface area contributed by atoms with Crippen molar-refractivity contribution in [3.8, 4) is 5.75 Å². The van der Waals surface area contributed by atoms with Crippen molar-refractivity contribution in [2.24, 2.45) is 0 Å². The SMILES string of the molecule is CCCNC(=O)[C@@H](C)N(Cc1ccccc1C)C(=O)COc1cccc(C)c1C. The summed E-state index contributed by atoms with van der Waals surface area (Å²) in [5.41, 5.74) is 4.23. The van der Waals surface area contributed by atoms with Crippen LogP contribution in [0.3, 0.4) is 0 Å². The van der Waals surface area contributed by atoms with E-state index in [2.05, 4.69) is 5.32 Å². The fourth-order valence-electron chi connectivity index (χ4n) is 3.05. The van der Waals surface area contributed by atoms with Gasteiger partial charge in [0.15, 0.2) is 6.61 Å². The van der Waals surface area contributed by atoms with Gasteiger partial charge in [0.1, 0.15) is 11.8 Å². The molecule has 0 saturated heterocycles. The highest BCUT2D eigenvalue weighted by Gasteiger charge is 2.26. The molecular weight excluding hydrogens is 364 g/mol. The fraction of sp³-hybridized carbons (Fsp3) is 0.417. The second-order valence-electron chi connectivity index (χ2n) is 7.40. The number of rotatable bonds is 9. The van der Waals surface area contributed by atoms with Crippen LogP contribution in [0.25, 0.3) is 0 Å². The maximum atomic E-state index is 13.1. The van der Waals surface area contributed by atoms with E-state index >= 15 is 0 Å². The Balaban J connectivity index is 2.18. The highest BCUT2D eigenvalue weighted by Crippen LogP contribution is 2.21. The number of hydrogen-bond donors (Lipinski definition) is 1. The number of benzene rings is 2. The molecule has 2 aromatic rings. The smallest absolute Gasteiger partial charge is 0.261 e. The number of carbonyl (C=O) groups is 2. The average molecular weight is 397 g/mol. The predicted octanol–water partition coefficient (Wildman–Crippen LogP) is 3.93. The molecule has 0 spiro atoms. The summed E-state index contributed by atoms with van der Waals surface area (Å²) in [4.78, 5) is 27.2. The van der Waals surface area contributed by atoms with Gasteiger partial charge in [-0.15, -0.1) is 0 Å². The minimum absolute atomic E-state index is 0.110. The molecular formula is C24H32N2O3. The Morgan fingerprint density at radius 2 is 1.72 bits per heavy atom. The number of ether oxygens (including phenoxy) is 1. The molecule has 0 heterocycles. The van der Waals surface area contributed by atoms with Crippen molar-refractivity contribution in [2.75, 3.05) is 13.2 Å². The first-order valence-corrected chi connectivity index (χ1v) is 10.2. The van der Waals surface area contributed by atoms with Crippen molar-refractivity contribution < 1.29 is 14.3 Å². The highest BCUT2D eigenvalue weighted by molar-refractivity contribution is 5.88. The maximum Gasteiger partial charge on any atom is 0.261 e. The van der Waals surface area contributed by atoms with Gasteiger partial charge >= 0.3 is 0 Å². The maximum absolute atomic E-state index is 13.1. The number of nitrogens with zero attached hydrogens (tertiary/aromatic N) is 1. The van der Waals surface area contributed by atoms with Crippen LogP contribution in [0.1, 0.15) is 42.5 Å². The summed E-state index contributed by atoms with van der Waals surface area (Å²) >= 11 is 0. The molecule has 0 aliphatic rings. The molecule has 1 atom stereocenters. The molecule has 0 aromatic heterocycles. The van der Waals surface area contributed by atoms with Gasteiger partial charge in [-0.25, -0.2) is 0 Å². The largest absolute Gasteiger partial charge is 0.483 e. The summed E-state index contributed by atoms with van der Waals surface area (Å²) < 4.78 is 5.82. The van der Waals surface area contributed by atoms with Crippen molar-refractivity contribution >= 4 is 11.8 Å². The zero-order chi connectivity index (χ0) is 21.4. The Hall–Kier alpha value is -2.82. The van der Waals surface area contributed by atoms with Gasteiger partial charge < -0.3 is 15.0 Å². The number of aryl methyl sites for hydroxylation is 2. The molecule has 5 nitrogen and oxygen atoms in total. The highest BCUT2D eigenvalue weighted by atomic mass is 16.5. The molecule has 156 valence electrons. The van der Waals surface area contributed by atoms with Crippen LogP contribution in [0, 0.1) is 20.8 Å². The molecule has 0 saturated carbocycles. The molecule has 0 unspecified atom stereocenters. The molecule has 0 fully saturated rings. The number of hydrogen-bond acceptors (Lipinski definition) is 3. The molecule has 2 aromatic carbocycles. The summed E-state index contributed by atoms with van der Waals surface area (Å²) in [5, 5.41) is 2.88. The Labute approximate surface area is 174 Å². The normalized spacial score (nSPS) is 11.6. The van der Waals surface area contributed by atoms with Crippen LogP contribution in [-0.2, 0) is 16.1 Å². The topological polar surface area (TPSA) is 58.6 Å². The Morgan fingerprint density at radius 3 is 2.41 bits per heavy atom. The molecule has 2 amide bonds. The molecule has 29 heavy (non-hydrogen) atoms. The van der Waals surface area contributed by atoms with E-state index in [9.17, 15) is 9.59 Å². The monoisotopic (exact) mass is 396 g/mol. The molecule has 0 aliphatic heterocycles. The minimum atomic E-state index is -0.587. The molecule has 1 N–H and O–H groups in total. The lowest BCUT2D eigenvalue weighted by molar-refractivity contribution is -0.142. The van der Waals surface area contributed by atoms with Gasteiger partial charge in [0, 0.05) is 13.1 Å². The second kappa shape index (κ2) is 10.6. The quantitative estimate of drug-likeness (QED) is 0.699. The van der Waals surface area contributed by atoms with Crippen LogP contribution < -0.4 is 10.1 Å². The minimum Gasteiger partial charge on any atom is -0.483 e. The van der Waals surface area contributed by atoms with Crippen molar-refractivity contribution in [3.05, 3.63) is 64.7 Å². The first kappa shape index (κ1) is 22.5. The summed E-state index contributed by atoms with van der Waals surface area (Å²) in [6, 6.07) is 13.1. The molecule has 0 aliphatic carbocycles. The van der Waals surface area contributed by atoms with E-state index in [-0.39, 0.29) is 18.4 Å². The van der Waals surface area contributed by atoms with Crippen LogP contribution in [0.5, 0.6) is 5.75 Å². The lowest BCUT2D eigenvalue weighted by atomic mass is 10.1. The van der Waals surface area contributed by atoms with Crippen LogP contribution >= 0.6 is 0 Å². The number of nitrogens with one attached hydrogen (secondary N) is 1. The van der Waals surface area contributed by atoms with E-state index in [1.807, 2.05) is 70.2 Å². The molecule has 0 radical (unpaired) electrons. The first-order valence-electron chi connectivity index (χ1n) is 10.2. The summed E-state index contributed by atoms with van der Waals surface area (Å²) in [5.74, 6) is 0.325. The third-order valence-electron chi connectivity index (χ3n) is 5.22. The predicted molar refractivity (Wildman–Crippen MR) is 116 cm³/mol. The van der Waals surface area contributed by atoms with Gasteiger partial charge in [-0.1, -0.05) is 43.3 Å². The van der Waals surface area contributed by atoms with Crippen LogP contribution in [0.15, 0.2) is 42.5 Å². The third kappa shape index (κ3) is 6.08. The fourth-order valence-corrected chi connectivity index (χ4v) is 3.05. The van der Waals surface area contributed by atoms with Crippen LogP contribution in [0.4, 0.5) is 0 Å². The van der Waals surface area contributed by atoms with Crippen molar-refractivity contribution in [1.82, 2.24) is 10.2 Å². The first-order chi connectivity index (χ1) is 13.8. The van der Waals surface area contributed by atoms with E-state index in [1.54, 1.807) is 11.8 Å². The van der Waals surface area contributed by atoms with Crippen LogP contribution in [-0.4, -0.2) is 35.9 Å². The van der Waals surface area contributed by atoms with Crippen molar-refractivity contribution in [2.45, 2.75) is 53.6 Å². The second-order valence-corrected chi connectivity index (χ2v) is 7.40. The van der Waals surface area contributed by atoms with E-state index < -0.39 is 6.04 Å². The molecule has 5 heteroatoms. The van der Waals surface area contributed by atoms with E-state index in [0.717, 1.165) is 28.7 Å². The standard InChI is InChI=1S/C24H32N2O3/c1-6-14-25-24(28)20(5)26(15-21-12-8-7-10-18(21)3)23(27)16-29-22-13-9-11-17(2)19(22)4/h7-13,20H,6,14-16H2,1-5H3,(H,25,28)/t20-/m1/s1. The number of carbonyl (C=O) groups excluding carboxylic acids is 2. The summed E-state index contributed by atoms with van der Waals surface area (Å²) in [6.07, 6.45) is 0.847. The van der Waals surface area contributed by atoms with E-state index in [4.69, 9.17) is 4.74 Å².